The maximum Gasteiger partial charge on any atom is 0.254 e. The number of benzene rings is 2. The number of nitrogens with two attached hydrogens (primary N) is 1. The summed E-state index contributed by atoms with van der Waals surface area (Å²) in [5.41, 5.74) is 9.28. The Kier molecular flexibility index (Phi) is 6.96. The lowest BCUT2D eigenvalue weighted by atomic mass is 9.96. The number of aromatic nitrogens is 2. The van der Waals surface area contributed by atoms with Gasteiger partial charge >= 0.3 is 0 Å². The predicted molar refractivity (Wildman–Crippen MR) is 123 cm³/mol. The van der Waals surface area contributed by atoms with E-state index in [9.17, 15) is 14.3 Å². The molecule has 0 spiro atoms. The molecule has 1 amide bonds. The van der Waals surface area contributed by atoms with Crippen molar-refractivity contribution < 1.29 is 19.0 Å². The van der Waals surface area contributed by atoms with Crippen LogP contribution in [0, 0.1) is 12.7 Å². The zero-order chi connectivity index (χ0) is 23.4. The normalized spacial score (nSPS) is 15.2. The van der Waals surface area contributed by atoms with Crippen LogP contribution in [0.5, 0.6) is 0 Å². The van der Waals surface area contributed by atoms with Crippen molar-refractivity contribution in [1.29, 1.82) is 0 Å². The fourth-order valence-corrected chi connectivity index (χ4v) is 4.02. The van der Waals surface area contributed by atoms with Gasteiger partial charge in [0.2, 0.25) is 0 Å². The summed E-state index contributed by atoms with van der Waals surface area (Å²) in [5, 5.41) is 12.4. The van der Waals surface area contributed by atoms with Crippen LogP contribution in [0.15, 0.2) is 48.7 Å². The number of anilines is 1. The Morgan fingerprint density at radius 1 is 1.27 bits per heavy atom. The number of ether oxygens (including phenoxy) is 1. The fraction of sp³-hybridized carbons (Fsp3) is 0.320. The lowest BCUT2D eigenvalue weighted by molar-refractivity contribution is 0.0844. The summed E-state index contributed by atoms with van der Waals surface area (Å²) in [5.74, 6) is -0.905. The van der Waals surface area contributed by atoms with Crippen LogP contribution in [0.2, 0.25) is 0 Å². The largest absolute Gasteiger partial charge is 0.394 e. The minimum Gasteiger partial charge on any atom is -0.394 e. The number of nitrogen functional groups attached to an aromatic ring is 1. The second-order valence-electron chi connectivity index (χ2n) is 8.23. The van der Waals surface area contributed by atoms with Crippen molar-refractivity contribution in [2.24, 2.45) is 0 Å². The molecule has 8 heteroatoms. The van der Waals surface area contributed by atoms with Gasteiger partial charge in [0.15, 0.2) is 0 Å². The van der Waals surface area contributed by atoms with E-state index < -0.39 is 17.8 Å². The van der Waals surface area contributed by atoms with Crippen LogP contribution in [0.3, 0.4) is 0 Å². The Balaban J connectivity index is 1.56. The number of amides is 1. The number of hydrogen-bond acceptors (Lipinski definition) is 6. The van der Waals surface area contributed by atoms with Crippen molar-refractivity contribution in [2.75, 3.05) is 25.6 Å². The molecule has 1 atom stereocenters. The zero-order valence-electron chi connectivity index (χ0n) is 18.4. The van der Waals surface area contributed by atoms with Crippen molar-refractivity contribution >= 4 is 11.7 Å². The van der Waals surface area contributed by atoms with Gasteiger partial charge in [0.05, 0.1) is 30.1 Å². The summed E-state index contributed by atoms with van der Waals surface area (Å²) in [7, 11) is 0. The molecule has 1 saturated heterocycles. The highest BCUT2D eigenvalue weighted by Gasteiger charge is 2.21. The molecule has 4 rings (SSSR count). The molecule has 2 heterocycles. The molecule has 1 aromatic heterocycles. The van der Waals surface area contributed by atoms with Crippen molar-refractivity contribution in [3.8, 4) is 11.3 Å². The van der Waals surface area contributed by atoms with Gasteiger partial charge in [0.25, 0.3) is 5.91 Å². The Hall–Kier alpha value is -3.36. The van der Waals surface area contributed by atoms with E-state index >= 15 is 0 Å². The SMILES string of the molecule is Cc1cccc([C@@H](CO)NC(=O)c2ccc(-c3nc(C4CCOCC4)cnc3N)cc2F)c1. The first-order valence-corrected chi connectivity index (χ1v) is 10.9. The highest BCUT2D eigenvalue weighted by Crippen LogP contribution is 2.30. The van der Waals surface area contributed by atoms with Gasteiger partial charge < -0.3 is 20.9 Å². The predicted octanol–water partition coefficient (Wildman–Crippen LogP) is 3.53. The number of nitrogens with one attached hydrogen (secondary N) is 1. The third-order valence-corrected chi connectivity index (χ3v) is 5.88. The number of hydrogen-bond donors (Lipinski definition) is 3. The fourth-order valence-electron chi connectivity index (χ4n) is 4.02. The van der Waals surface area contributed by atoms with Crippen LogP contribution in [0.4, 0.5) is 10.2 Å². The van der Waals surface area contributed by atoms with E-state index in [1.165, 1.54) is 12.1 Å². The number of carbonyl (C=O) groups excluding carboxylic acids is 1. The van der Waals surface area contributed by atoms with Gasteiger partial charge in [-0.1, -0.05) is 35.9 Å². The quantitative estimate of drug-likeness (QED) is 0.530. The maximum absolute atomic E-state index is 15.0. The second kappa shape index (κ2) is 10.1. The van der Waals surface area contributed by atoms with E-state index in [1.807, 2.05) is 25.1 Å². The first-order valence-electron chi connectivity index (χ1n) is 10.9. The van der Waals surface area contributed by atoms with Gasteiger partial charge in [0, 0.05) is 24.7 Å². The molecule has 1 aliphatic heterocycles. The molecule has 172 valence electrons. The van der Waals surface area contributed by atoms with Crippen molar-refractivity contribution in [3.05, 3.63) is 76.9 Å². The highest BCUT2D eigenvalue weighted by molar-refractivity contribution is 5.95. The van der Waals surface area contributed by atoms with E-state index in [4.69, 9.17) is 10.5 Å². The summed E-state index contributed by atoms with van der Waals surface area (Å²) in [6, 6.07) is 11.0. The van der Waals surface area contributed by atoms with Crippen LogP contribution >= 0.6 is 0 Å². The van der Waals surface area contributed by atoms with Gasteiger partial charge in [-0.15, -0.1) is 0 Å². The van der Waals surface area contributed by atoms with Crippen molar-refractivity contribution in [1.82, 2.24) is 15.3 Å². The van der Waals surface area contributed by atoms with Gasteiger partial charge in [0.1, 0.15) is 17.3 Å². The minimum atomic E-state index is -0.705. The van der Waals surface area contributed by atoms with Gasteiger partial charge in [-0.3, -0.25) is 4.79 Å². The molecule has 0 aliphatic carbocycles. The smallest absolute Gasteiger partial charge is 0.254 e. The maximum atomic E-state index is 15.0. The summed E-state index contributed by atoms with van der Waals surface area (Å²) in [6.45, 7) is 2.95. The van der Waals surface area contributed by atoms with E-state index in [0.717, 1.165) is 29.7 Å². The number of aliphatic hydroxyl groups is 1. The summed E-state index contributed by atoms with van der Waals surface area (Å²) in [4.78, 5) is 21.6. The Bertz CT molecular complexity index is 1150. The minimum absolute atomic E-state index is 0.128. The van der Waals surface area contributed by atoms with Crippen LogP contribution in [-0.4, -0.2) is 40.8 Å². The number of aryl methyl sites for hydroxylation is 1. The number of nitrogens with zero attached hydrogens (tertiary/aromatic N) is 2. The molecule has 0 saturated carbocycles. The number of rotatable bonds is 6. The lowest BCUT2D eigenvalue weighted by Gasteiger charge is -2.22. The molecular formula is C25H27FN4O3. The summed E-state index contributed by atoms with van der Waals surface area (Å²) >= 11 is 0. The van der Waals surface area contributed by atoms with Crippen LogP contribution in [0.1, 0.15) is 52.0 Å². The number of carbonyl (C=O) groups is 1. The first-order chi connectivity index (χ1) is 16.0. The van der Waals surface area contributed by atoms with Crippen molar-refractivity contribution in [3.63, 3.8) is 0 Å². The van der Waals surface area contributed by atoms with Gasteiger partial charge in [-0.2, -0.15) is 0 Å². The molecule has 0 bridgehead atoms. The number of aliphatic hydroxyl groups excluding tert-OH is 1. The molecule has 3 aromatic rings. The monoisotopic (exact) mass is 450 g/mol. The standard InChI is InChI=1S/C25H27FN4O3/c1-15-3-2-4-17(11-15)22(14-31)30-25(32)19-6-5-18(12-20(19)26)23-24(27)28-13-21(29-23)16-7-9-33-10-8-16/h2-6,11-13,16,22,31H,7-10,14H2,1H3,(H2,27,28)(H,30,32)/t22-/m1/s1. The number of halogens is 1. The first kappa shape index (κ1) is 22.8. The van der Waals surface area contributed by atoms with Gasteiger partial charge in [-0.25, -0.2) is 14.4 Å². The summed E-state index contributed by atoms with van der Waals surface area (Å²) < 4.78 is 20.4. The summed E-state index contributed by atoms with van der Waals surface area (Å²) in [6.07, 6.45) is 3.35. The van der Waals surface area contributed by atoms with Gasteiger partial charge in [-0.05, 0) is 37.5 Å². The van der Waals surface area contributed by atoms with Crippen LogP contribution in [-0.2, 0) is 4.74 Å². The second-order valence-corrected chi connectivity index (χ2v) is 8.23. The van der Waals surface area contributed by atoms with E-state index in [-0.39, 0.29) is 23.9 Å². The van der Waals surface area contributed by atoms with Crippen molar-refractivity contribution in [2.45, 2.75) is 31.7 Å². The molecule has 1 aliphatic rings. The topological polar surface area (TPSA) is 110 Å². The average molecular weight is 451 g/mol. The Morgan fingerprint density at radius 3 is 2.76 bits per heavy atom. The van der Waals surface area contributed by atoms with Crippen LogP contribution in [0.25, 0.3) is 11.3 Å². The average Bonchev–Trinajstić information content (AvgIpc) is 2.83. The zero-order valence-corrected chi connectivity index (χ0v) is 18.4. The third kappa shape index (κ3) is 5.18. The van der Waals surface area contributed by atoms with E-state index in [0.29, 0.717) is 24.5 Å². The molecule has 1 fully saturated rings. The van der Waals surface area contributed by atoms with E-state index in [2.05, 4.69) is 15.3 Å². The molecule has 7 nitrogen and oxygen atoms in total. The molecule has 4 N–H and O–H groups in total. The third-order valence-electron chi connectivity index (χ3n) is 5.88. The Labute approximate surface area is 191 Å². The molecule has 2 aromatic carbocycles. The molecule has 0 radical (unpaired) electrons. The Morgan fingerprint density at radius 2 is 2.06 bits per heavy atom. The van der Waals surface area contributed by atoms with Crippen LogP contribution < -0.4 is 11.1 Å². The highest BCUT2D eigenvalue weighted by atomic mass is 19.1. The molecule has 33 heavy (non-hydrogen) atoms. The molecule has 0 unspecified atom stereocenters. The lowest BCUT2D eigenvalue weighted by Crippen LogP contribution is -2.31. The molecular weight excluding hydrogens is 423 g/mol. The van der Waals surface area contributed by atoms with E-state index in [1.54, 1.807) is 18.3 Å².